The van der Waals surface area contributed by atoms with Gasteiger partial charge >= 0.3 is 0 Å². The van der Waals surface area contributed by atoms with Gasteiger partial charge in [0.15, 0.2) is 0 Å². The van der Waals surface area contributed by atoms with Crippen molar-refractivity contribution in [2.45, 2.75) is 58.3 Å². The first-order chi connectivity index (χ1) is 9.33. The number of rotatable bonds is 10. The van der Waals surface area contributed by atoms with Gasteiger partial charge in [-0.15, -0.1) is 0 Å². The maximum atomic E-state index is 11.7. The fraction of sp³-hybridized carbons (Fsp3) is 0.500. The number of benzene rings is 1. The second-order valence-electron chi connectivity index (χ2n) is 5.07. The minimum atomic E-state index is 0.364. The zero-order valence-corrected chi connectivity index (χ0v) is 12.1. The van der Waals surface area contributed by atoms with Gasteiger partial charge in [-0.3, -0.25) is 4.79 Å². The molecule has 0 N–H and O–H groups in total. The van der Waals surface area contributed by atoms with Gasteiger partial charge in [-0.05, 0) is 12.0 Å². The Morgan fingerprint density at radius 3 is 2.42 bits per heavy atom. The first-order valence-corrected chi connectivity index (χ1v) is 7.56. The van der Waals surface area contributed by atoms with Crippen molar-refractivity contribution in [3.63, 3.8) is 0 Å². The lowest BCUT2D eigenvalue weighted by Crippen LogP contribution is -1.95. The molecule has 19 heavy (non-hydrogen) atoms. The third kappa shape index (κ3) is 8.36. The van der Waals surface area contributed by atoms with Crippen LogP contribution in [0.5, 0.6) is 0 Å². The highest BCUT2D eigenvalue weighted by molar-refractivity contribution is 5.80. The Kier molecular flexibility index (Phi) is 8.70. The van der Waals surface area contributed by atoms with Crippen molar-refractivity contribution in [2.75, 3.05) is 0 Å². The molecular formula is C18H26O. The van der Waals surface area contributed by atoms with Gasteiger partial charge in [0.05, 0.1) is 0 Å². The average Bonchev–Trinajstić information content (AvgIpc) is 2.44. The van der Waals surface area contributed by atoms with Crippen LogP contribution in [0.3, 0.4) is 0 Å². The molecule has 1 nitrogen and oxygen atoms in total. The molecule has 0 fully saturated rings. The summed E-state index contributed by atoms with van der Waals surface area (Å²) in [4.78, 5) is 11.7. The van der Waals surface area contributed by atoms with Gasteiger partial charge < -0.3 is 0 Å². The molecule has 0 aromatic heterocycles. The first-order valence-electron chi connectivity index (χ1n) is 7.56. The fourth-order valence-corrected chi connectivity index (χ4v) is 2.10. The Hall–Kier alpha value is -1.37. The van der Waals surface area contributed by atoms with Gasteiger partial charge in [0.2, 0.25) is 0 Å². The van der Waals surface area contributed by atoms with Crippen molar-refractivity contribution in [1.82, 2.24) is 0 Å². The van der Waals surface area contributed by atoms with E-state index >= 15 is 0 Å². The van der Waals surface area contributed by atoms with E-state index in [1.54, 1.807) is 0 Å². The summed E-state index contributed by atoms with van der Waals surface area (Å²) in [5, 5.41) is 0. The van der Waals surface area contributed by atoms with Crippen LogP contribution in [0.25, 0.3) is 6.08 Å². The predicted octanol–water partition coefficient (Wildman–Crippen LogP) is 5.41. The van der Waals surface area contributed by atoms with E-state index in [-0.39, 0.29) is 0 Å². The van der Waals surface area contributed by atoms with E-state index in [9.17, 15) is 4.79 Å². The number of unbranched alkanes of at least 4 members (excludes halogenated alkanes) is 5. The summed E-state index contributed by atoms with van der Waals surface area (Å²) in [5.41, 5.74) is 1.16. The summed E-state index contributed by atoms with van der Waals surface area (Å²) in [7, 11) is 0. The molecule has 0 aliphatic heterocycles. The van der Waals surface area contributed by atoms with Crippen LogP contribution >= 0.6 is 0 Å². The molecule has 0 radical (unpaired) electrons. The summed E-state index contributed by atoms with van der Waals surface area (Å²) in [6.07, 6.45) is 12.8. The topological polar surface area (TPSA) is 17.1 Å². The maximum absolute atomic E-state index is 11.7. The van der Waals surface area contributed by atoms with Crippen LogP contribution in [0.4, 0.5) is 0 Å². The van der Waals surface area contributed by atoms with Crippen LogP contribution in [0.1, 0.15) is 63.9 Å². The molecule has 0 amide bonds. The lowest BCUT2D eigenvalue weighted by atomic mass is 10.1. The van der Waals surface area contributed by atoms with Gasteiger partial charge in [-0.25, -0.2) is 0 Å². The average molecular weight is 258 g/mol. The standard InChI is InChI=1S/C18H26O/c1-2-3-4-5-6-10-15-18(19)16-11-14-17-12-8-7-9-13-17/h7-9,11-14H,2-6,10,15-16H2,1H3. The molecule has 0 spiro atoms. The number of Topliss-reactive ketones (excluding diaryl/α,β-unsaturated/α-hetero) is 1. The van der Waals surface area contributed by atoms with E-state index in [4.69, 9.17) is 0 Å². The zero-order valence-electron chi connectivity index (χ0n) is 12.1. The maximum Gasteiger partial charge on any atom is 0.136 e. The number of carbonyl (C=O) groups excluding carboxylic acids is 1. The van der Waals surface area contributed by atoms with E-state index in [2.05, 4.69) is 19.1 Å². The Labute approximate surface area is 117 Å². The number of allylic oxidation sites excluding steroid dienone is 1. The first kappa shape index (κ1) is 15.7. The van der Waals surface area contributed by atoms with E-state index in [1.807, 2.05) is 30.4 Å². The van der Waals surface area contributed by atoms with Crippen molar-refractivity contribution in [3.8, 4) is 0 Å². The summed E-state index contributed by atoms with van der Waals surface area (Å²) in [6.45, 7) is 2.22. The van der Waals surface area contributed by atoms with Gasteiger partial charge in [-0.1, -0.05) is 81.5 Å². The molecule has 1 rings (SSSR count). The number of carbonyl (C=O) groups is 1. The molecule has 0 bridgehead atoms. The molecule has 0 unspecified atom stereocenters. The second-order valence-corrected chi connectivity index (χ2v) is 5.07. The molecular weight excluding hydrogens is 232 g/mol. The summed E-state index contributed by atoms with van der Waals surface area (Å²) in [5.74, 6) is 0.364. The normalized spacial score (nSPS) is 11.0. The van der Waals surface area contributed by atoms with Crippen LogP contribution in [-0.4, -0.2) is 5.78 Å². The van der Waals surface area contributed by atoms with E-state index < -0.39 is 0 Å². The Morgan fingerprint density at radius 1 is 1.00 bits per heavy atom. The lowest BCUT2D eigenvalue weighted by Gasteiger charge is -1.99. The highest BCUT2D eigenvalue weighted by Crippen LogP contribution is 2.09. The molecule has 1 heteroatoms. The van der Waals surface area contributed by atoms with Crippen molar-refractivity contribution < 1.29 is 4.79 Å². The van der Waals surface area contributed by atoms with Crippen molar-refractivity contribution in [1.29, 1.82) is 0 Å². The fourth-order valence-electron chi connectivity index (χ4n) is 2.10. The Morgan fingerprint density at radius 2 is 1.68 bits per heavy atom. The summed E-state index contributed by atoms with van der Waals surface area (Å²) < 4.78 is 0. The molecule has 0 atom stereocenters. The highest BCUT2D eigenvalue weighted by atomic mass is 16.1. The van der Waals surface area contributed by atoms with Crippen LogP contribution < -0.4 is 0 Å². The van der Waals surface area contributed by atoms with Crippen LogP contribution in [0, 0.1) is 0 Å². The number of ketones is 1. The third-order valence-corrected chi connectivity index (χ3v) is 3.26. The van der Waals surface area contributed by atoms with E-state index in [1.165, 1.54) is 32.1 Å². The highest BCUT2D eigenvalue weighted by Gasteiger charge is 1.99. The van der Waals surface area contributed by atoms with E-state index in [0.29, 0.717) is 12.2 Å². The second kappa shape index (κ2) is 10.5. The molecule has 0 aliphatic rings. The lowest BCUT2D eigenvalue weighted by molar-refractivity contribution is -0.118. The van der Waals surface area contributed by atoms with Crippen LogP contribution in [0.15, 0.2) is 36.4 Å². The smallest absolute Gasteiger partial charge is 0.136 e. The molecule has 1 aromatic rings. The number of hydrogen-bond acceptors (Lipinski definition) is 1. The van der Waals surface area contributed by atoms with Gasteiger partial charge in [0.25, 0.3) is 0 Å². The number of hydrogen-bond donors (Lipinski definition) is 0. The van der Waals surface area contributed by atoms with Gasteiger partial charge in [0.1, 0.15) is 5.78 Å². The van der Waals surface area contributed by atoms with Gasteiger partial charge in [-0.2, -0.15) is 0 Å². The molecule has 0 aliphatic carbocycles. The van der Waals surface area contributed by atoms with Gasteiger partial charge in [0, 0.05) is 12.8 Å². The Bertz CT molecular complexity index is 365. The molecule has 0 saturated carbocycles. The van der Waals surface area contributed by atoms with Crippen molar-refractivity contribution in [3.05, 3.63) is 42.0 Å². The molecule has 104 valence electrons. The summed E-state index contributed by atoms with van der Waals surface area (Å²) >= 11 is 0. The molecule has 0 saturated heterocycles. The SMILES string of the molecule is CCCCCCCCC(=O)CC=Cc1ccccc1. The van der Waals surface area contributed by atoms with Crippen molar-refractivity contribution >= 4 is 11.9 Å². The van der Waals surface area contributed by atoms with Crippen LogP contribution in [-0.2, 0) is 4.79 Å². The third-order valence-electron chi connectivity index (χ3n) is 3.26. The largest absolute Gasteiger partial charge is 0.299 e. The van der Waals surface area contributed by atoms with Crippen LogP contribution in [0.2, 0.25) is 0 Å². The quantitative estimate of drug-likeness (QED) is 0.513. The van der Waals surface area contributed by atoms with Crippen molar-refractivity contribution in [2.24, 2.45) is 0 Å². The molecule has 0 heterocycles. The van der Waals surface area contributed by atoms with E-state index in [0.717, 1.165) is 18.4 Å². The minimum Gasteiger partial charge on any atom is -0.299 e. The monoisotopic (exact) mass is 258 g/mol. The predicted molar refractivity (Wildman–Crippen MR) is 83.1 cm³/mol. The Balaban J connectivity index is 2.06. The minimum absolute atomic E-state index is 0.364. The summed E-state index contributed by atoms with van der Waals surface area (Å²) in [6, 6.07) is 10.1. The zero-order chi connectivity index (χ0) is 13.8. The molecule has 1 aromatic carbocycles.